The minimum Gasteiger partial charge on any atom is -0.477 e. The zero-order chi connectivity index (χ0) is 20.0. The van der Waals surface area contributed by atoms with Gasteiger partial charge < -0.3 is 14.8 Å². The van der Waals surface area contributed by atoms with Gasteiger partial charge in [0.1, 0.15) is 5.56 Å². The van der Waals surface area contributed by atoms with Gasteiger partial charge in [0.2, 0.25) is 5.88 Å². The number of benzene rings is 1. The minimum absolute atomic E-state index is 0.0399. The lowest BCUT2D eigenvalue weighted by Gasteiger charge is -2.15. The van der Waals surface area contributed by atoms with E-state index in [0.29, 0.717) is 0 Å². The van der Waals surface area contributed by atoms with Gasteiger partial charge in [-0.3, -0.25) is 4.79 Å². The number of pyridine rings is 1. The number of nitrogens with one attached hydrogen (secondary N) is 1. The first-order valence-corrected chi connectivity index (χ1v) is 7.99. The molecule has 1 N–H and O–H groups in total. The van der Waals surface area contributed by atoms with Crippen molar-refractivity contribution in [2.45, 2.75) is 26.1 Å². The largest absolute Gasteiger partial charge is 0.477 e. The molecule has 0 aliphatic carbocycles. The Morgan fingerprint density at radius 2 is 1.96 bits per heavy atom. The van der Waals surface area contributed by atoms with Gasteiger partial charge >= 0.3 is 12.1 Å². The molecular formula is C18H17F3N2O4. The molecule has 6 nitrogen and oxygen atoms in total. The number of hydrogen-bond donors (Lipinski definition) is 1. The fraction of sp³-hybridized carbons (Fsp3) is 0.278. The van der Waals surface area contributed by atoms with Gasteiger partial charge in [-0.1, -0.05) is 6.07 Å². The van der Waals surface area contributed by atoms with Crippen LogP contribution in [0, 0.1) is 0 Å². The van der Waals surface area contributed by atoms with Crippen LogP contribution in [0.3, 0.4) is 0 Å². The maximum atomic E-state index is 12.7. The number of hydrogen-bond acceptors (Lipinski definition) is 5. The highest BCUT2D eigenvalue weighted by atomic mass is 19.4. The van der Waals surface area contributed by atoms with Crippen molar-refractivity contribution in [2.24, 2.45) is 0 Å². The Bertz CT molecular complexity index is 824. The third-order valence-corrected chi connectivity index (χ3v) is 3.38. The number of anilines is 1. The Morgan fingerprint density at radius 3 is 2.63 bits per heavy atom. The highest BCUT2D eigenvalue weighted by molar-refractivity contribution is 5.98. The number of ether oxygens (including phenoxy) is 2. The van der Waals surface area contributed by atoms with E-state index in [2.05, 4.69) is 10.3 Å². The molecule has 0 aliphatic heterocycles. The first kappa shape index (κ1) is 20.2. The van der Waals surface area contributed by atoms with Gasteiger partial charge in [-0.15, -0.1) is 0 Å². The average Bonchev–Trinajstić information content (AvgIpc) is 2.61. The molecule has 0 bridgehead atoms. The second-order valence-electron chi connectivity index (χ2n) is 5.40. The smallest absolute Gasteiger partial charge is 0.416 e. The molecular weight excluding hydrogens is 365 g/mol. The van der Waals surface area contributed by atoms with Crippen molar-refractivity contribution in [3.8, 4) is 5.88 Å². The third-order valence-electron chi connectivity index (χ3n) is 3.38. The summed E-state index contributed by atoms with van der Waals surface area (Å²) >= 11 is 0. The van der Waals surface area contributed by atoms with Gasteiger partial charge in [-0.05, 0) is 44.2 Å². The van der Waals surface area contributed by atoms with Gasteiger partial charge in [0, 0.05) is 11.9 Å². The number of carbonyl (C=O) groups excluding carboxylic acids is 2. The molecule has 1 aromatic carbocycles. The van der Waals surface area contributed by atoms with E-state index in [4.69, 9.17) is 9.47 Å². The number of alkyl halides is 3. The van der Waals surface area contributed by atoms with E-state index < -0.39 is 29.7 Å². The molecule has 0 spiro atoms. The highest BCUT2D eigenvalue weighted by Crippen LogP contribution is 2.30. The molecule has 1 aromatic heterocycles. The lowest BCUT2D eigenvalue weighted by molar-refractivity contribution is -0.137. The Hall–Kier alpha value is -3.10. The summed E-state index contributed by atoms with van der Waals surface area (Å²) in [4.78, 5) is 28.3. The van der Waals surface area contributed by atoms with E-state index in [0.717, 1.165) is 12.1 Å². The molecule has 2 aromatic rings. The number of halogens is 3. The zero-order valence-electron chi connectivity index (χ0n) is 14.5. The summed E-state index contributed by atoms with van der Waals surface area (Å²) < 4.78 is 48.5. The molecule has 1 heterocycles. The van der Waals surface area contributed by atoms with Crippen LogP contribution in [0.25, 0.3) is 0 Å². The lowest BCUT2D eigenvalue weighted by atomic mass is 10.2. The monoisotopic (exact) mass is 382 g/mol. The molecule has 9 heteroatoms. The Kier molecular flexibility index (Phi) is 6.38. The first-order valence-electron chi connectivity index (χ1n) is 7.99. The third kappa shape index (κ3) is 5.44. The summed E-state index contributed by atoms with van der Waals surface area (Å²) in [6.45, 7) is 3.30. The van der Waals surface area contributed by atoms with Crippen LogP contribution in [0.2, 0.25) is 0 Å². The molecule has 0 fully saturated rings. The van der Waals surface area contributed by atoms with Gasteiger partial charge in [0.15, 0.2) is 6.10 Å². The van der Waals surface area contributed by atoms with Crippen LogP contribution >= 0.6 is 0 Å². The van der Waals surface area contributed by atoms with Crippen LogP contribution in [-0.2, 0) is 15.7 Å². The Labute approximate surface area is 153 Å². The quantitative estimate of drug-likeness (QED) is 0.771. The molecule has 0 unspecified atom stereocenters. The van der Waals surface area contributed by atoms with Crippen molar-refractivity contribution < 1.29 is 32.2 Å². The van der Waals surface area contributed by atoms with Crippen molar-refractivity contribution in [1.82, 2.24) is 4.98 Å². The SMILES string of the molecule is CCOc1ncccc1C(=O)O[C@H](C)C(=O)Nc1cccc(C(F)(F)F)c1. The van der Waals surface area contributed by atoms with E-state index in [1.165, 1.54) is 37.4 Å². The van der Waals surface area contributed by atoms with Crippen LogP contribution < -0.4 is 10.1 Å². The summed E-state index contributed by atoms with van der Waals surface area (Å²) in [5, 5.41) is 2.29. The van der Waals surface area contributed by atoms with Crippen LogP contribution in [0.15, 0.2) is 42.6 Å². The van der Waals surface area contributed by atoms with E-state index in [-0.39, 0.29) is 23.7 Å². The van der Waals surface area contributed by atoms with Crippen LogP contribution in [-0.4, -0.2) is 29.6 Å². The number of esters is 1. The highest BCUT2D eigenvalue weighted by Gasteiger charge is 2.30. The molecule has 0 radical (unpaired) electrons. The zero-order valence-corrected chi connectivity index (χ0v) is 14.5. The number of aromatic nitrogens is 1. The first-order chi connectivity index (χ1) is 12.7. The predicted octanol–water partition coefficient (Wildman–Crippen LogP) is 3.68. The molecule has 1 amide bonds. The van der Waals surface area contributed by atoms with Gasteiger partial charge in [0.25, 0.3) is 5.91 Å². The van der Waals surface area contributed by atoms with Crippen LogP contribution in [0.5, 0.6) is 5.88 Å². The van der Waals surface area contributed by atoms with Crippen molar-refractivity contribution in [3.05, 3.63) is 53.7 Å². The molecule has 0 saturated carbocycles. The van der Waals surface area contributed by atoms with E-state index >= 15 is 0 Å². The van der Waals surface area contributed by atoms with Crippen molar-refractivity contribution >= 4 is 17.6 Å². The minimum atomic E-state index is -4.53. The topological polar surface area (TPSA) is 77.5 Å². The fourth-order valence-corrected chi connectivity index (χ4v) is 2.09. The predicted molar refractivity (Wildman–Crippen MR) is 90.4 cm³/mol. The second-order valence-corrected chi connectivity index (χ2v) is 5.40. The Morgan fingerprint density at radius 1 is 1.22 bits per heavy atom. The molecule has 1 atom stereocenters. The van der Waals surface area contributed by atoms with E-state index in [9.17, 15) is 22.8 Å². The molecule has 27 heavy (non-hydrogen) atoms. The van der Waals surface area contributed by atoms with Crippen molar-refractivity contribution in [3.63, 3.8) is 0 Å². The Balaban J connectivity index is 2.05. The van der Waals surface area contributed by atoms with E-state index in [1.807, 2.05) is 0 Å². The normalized spacial score (nSPS) is 12.2. The standard InChI is InChI=1S/C18H17F3N2O4/c1-3-26-16-14(8-5-9-22-16)17(25)27-11(2)15(24)23-13-7-4-6-12(10-13)18(19,20)21/h4-11H,3H2,1-2H3,(H,23,24)/t11-/m1/s1. The number of carbonyl (C=O) groups is 2. The van der Waals surface area contributed by atoms with Crippen molar-refractivity contribution in [2.75, 3.05) is 11.9 Å². The number of nitrogens with zero attached hydrogens (tertiary/aromatic N) is 1. The molecule has 144 valence electrons. The summed E-state index contributed by atoms with van der Waals surface area (Å²) in [5.41, 5.74) is -0.922. The maximum Gasteiger partial charge on any atom is 0.416 e. The molecule has 0 aliphatic rings. The summed E-state index contributed by atoms with van der Waals surface area (Å²) in [6.07, 6.45) is -4.35. The van der Waals surface area contributed by atoms with Gasteiger partial charge in [0.05, 0.1) is 12.2 Å². The number of amides is 1. The van der Waals surface area contributed by atoms with Gasteiger partial charge in [-0.25, -0.2) is 9.78 Å². The van der Waals surface area contributed by atoms with Crippen LogP contribution in [0.1, 0.15) is 29.8 Å². The molecule has 0 saturated heterocycles. The fourth-order valence-electron chi connectivity index (χ4n) is 2.09. The summed E-state index contributed by atoms with van der Waals surface area (Å²) in [7, 11) is 0. The summed E-state index contributed by atoms with van der Waals surface area (Å²) in [6, 6.07) is 7.08. The second kappa shape index (κ2) is 8.52. The van der Waals surface area contributed by atoms with Crippen molar-refractivity contribution in [1.29, 1.82) is 0 Å². The maximum absolute atomic E-state index is 12.7. The van der Waals surface area contributed by atoms with E-state index in [1.54, 1.807) is 6.92 Å². The average molecular weight is 382 g/mol. The number of rotatable bonds is 6. The van der Waals surface area contributed by atoms with Crippen LogP contribution in [0.4, 0.5) is 18.9 Å². The summed E-state index contributed by atoms with van der Waals surface area (Å²) in [5.74, 6) is -1.54. The van der Waals surface area contributed by atoms with Gasteiger partial charge in [-0.2, -0.15) is 13.2 Å². The lowest BCUT2D eigenvalue weighted by Crippen LogP contribution is -2.30. The molecule has 2 rings (SSSR count).